The van der Waals surface area contributed by atoms with Gasteiger partial charge in [0.2, 0.25) is 5.91 Å². The van der Waals surface area contributed by atoms with Gasteiger partial charge in [-0.15, -0.1) is 0 Å². The number of carbonyl (C=O) groups excluding carboxylic acids is 2. The van der Waals surface area contributed by atoms with Crippen molar-refractivity contribution in [3.63, 3.8) is 0 Å². The number of esters is 1. The van der Waals surface area contributed by atoms with Gasteiger partial charge in [0, 0.05) is 6.54 Å². The van der Waals surface area contributed by atoms with Gasteiger partial charge in [-0.1, -0.05) is 12.1 Å². The Morgan fingerprint density at radius 3 is 2.39 bits per heavy atom. The van der Waals surface area contributed by atoms with Crippen molar-refractivity contribution < 1.29 is 19.1 Å². The Balaban J connectivity index is 1.70. The molecule has 0 radical (unpaired) electrons. The van der Waals surface area contributed by atoms with Crippen molar-refractivity contribution in [1.82, 2.24) is 10.2 Å². The van der Waals surface area contributed by atoms with E-state index in [9.17, 15) is 9.59 Å². The van der Waals surface area contributed by atoms with E-state index in [0.717, 1.165) is 37.2 Å². The highest BCUT2D eigenvalue weighted by molar-refractivity contribution is 5.78. The molecule has 1 aromatic carbocycles. The third-order valence-corrected chi connectivity index (χ3v) is 4.14. The molecule has 0 aliphatic carbocycles. The van der Waals surface area contributed by atoms with Gasteiger partial charge in [-0.2, -0.15) is 0 Å². The summed E-state index contributed by atoms with van der Waals surface area (Å²) in [6, 6.07) is 7.61. The molecule has 126 valence electrons. The lowest BCUT2D eigenvalue weighted by atomic mass is 9.97. The van der Waals surface area contributed by atoms with Gasteiger partial charge in [-0.25, -0.2) is 0 Å². The van der Waals surface area contributed by atoms with Crippen LogP contribution in [0.2, 0.25) is 0 Å². The van der Waals surface area contributed by atoms with Crippen molar-refractivity contribution in [2.45, 2.75) is 19.4 Å². The molecule has 0 saturated carbocycles. The van der Waals surface area contributed by atoms with Gasteiger partial charge in [-0.05, 0) is 43.6 Å². The van der Waals surface area contributed by atoms with Crippen molar-refractivity contribution in [2.24, 2.45) is 5.92 Å². The third-order valence-electron chi connectivity index (χ3n) is 4.14. The lowest BCUT2D eigenvalue weighted by molar-refractivity contribution is -0.147. The van der Waals surface area contributed by atoms with Crippen LogP contribution < -0.4 is 10.1 Å². The van der Waals surface area contributed by atoms with Crippen LogP contribution >= 0.6 is 0 Å². The van der Waals surface area contributed by atoms with Crippen LogP contribution in [0.1, 0.15) is 18.4 Å². The average Bonchev–Trinajstić information content (AvgIpc) is 2.60. The number of ether oxygens (including phenoxy) is 2. The number of rotatable bonds is 6. The number of nitrogens with one attached hydrogen (secondary N) is 1. The summed E-state index contributed by atoms with van der Waals surface area (Å²) in [7, 11) is 3.04. The molecule has 0 atom stereocenters. The summed E-state index contributed by atoms with van der Waals surface area (Å²) in [6.45, 7) is 2.36. The standard InChI is InChI=1S/C17H24N2O4/c1-22-15-5-3-13(4-6-15)11-18-16(20)12-19-9-7-14(8-10-19)17(21)23-2/h3-6,14H,7-12H2,1-2H3,(H,18,20). The molecule has 6 heteroatoms. The molecule has 1 fully saturated rings. The first-order valence-corrected chi connectivity index (χ1v) is 7.82. The Hall–Kier alpha value is -2.08. The van der Waals surface area contributed by atoms with E-state index < -0.39 is 0 Å². The van der Waals surface area contributed by atoms with Crippen LogP contribution in [0.5, 0.6) is 5.75 Å². The lowest BCUT2D eigenvalue weighted by Gasteiger charge is -2.29. The fraction of sp³-hybridized carbons (Fsp3) is 0.529. The summed E-state index contributed by atoms with van der Waals surface area (Å²) in [5.74, 6) is 0.623. The summed E-state index contributed by atoms with van der Waals surface area (Å²) in [5, 5.41) is 2.92. The number of methoxy groups -OCH3 is 2. The SMILES string of the molecule is COC(=O)C1CCN(CC(=O)NCc2ccc(OC)cc2)CC1. The molecule has 0 aromatic heterocycles. The quantitative estimate of drug-likeness (QED) is 0.798. The first-order valence-electron chi connectivity index (χ1n) is 7.82. The van der Waals surface area contributed by atoms with Gasteiger partial charge in [-0.3, -0.25) is 14.5 Å². The summed E-state index contributed by atoms with van der Waals surface area (Å²) < 4.78 is 9.87. The van der Waals surface area contributed by atoms with E-state index in [2.05, 4.69) is 10.2 Å². The molecule has 0 bridgehead atoms. The largest absolute Gasteiger partial charge is 0.497 e. The molecule has 1 saturated heterocycles. The number of hydrogen-bond donors (Lipinski definition) is 1. The molecule has 6 nitrogen and oxygen atoms in total. The minimum atomic E-state index is -0.145. The molecule has 1 N–H and O–H groups in total. The van der Waals surface area contributed by atoms with Crippen LogP contribution in [0.4, 0.5) is 0 Å². The molecule has 1 aliphatic heterocycles. The summed E-state index contributed by atoms with van der Waals surface area (Å²) in [4.78, 5) is 25.6. The van der Waals surface area contributed by atoms with E-state index in [1.54, 1.807) is 7.11 Å². The van der Waals surface area contributed by atoms with Crippen molar-refractivity contribution >= 4 is 11.9 Å². The molecule has 1 aromatic rings. The van der Waals surface area contributed by atoms with E-state index in [1.165, 1.54) is 7.11 Å². The smallest absolute Gasteiger partial charge is 0.308 e. The maximum Gasteiger partial charge on any atom is 0.308 e. The van der Waals surface area contributed by atoms with Crippen LogP contribution in [-0.2, 0) is 20.9 Å². The lowest BCUT2D eigenvalue weighted by Crippen LogP contribution is -2.42. The van der Waals surface area contributed by atoms with Gasteiger partial charge >= 0.3 is 5.97 Å². The average molecular weight is 320 g/mol. The summed E-state index contributed by atoms with van der Waals surface area (Å²) in [6.07, 6.45) is 1.50. The second kappa shape index (κ2) is 8.53. The van der Waals surface area contributed by atoms with E-state index in [4.69, 9.17) is 9.47 Å². The Morgan fingerprint density at radius 1 is 1.17 bits per heavy atom. The summed E-state index contributed by atoms with van der Waals surface area (Å²) >= 11 is 0. The molecule has 2 rings (SSSR count). The van der Waals surface area contributed by atoms with Crippen LogP contribution in [0, 0.1) is 5.92 Å². The van der Waals surface area contributed by atoms with Gasteiger partial charge in [0.15, 0.2) is 0 Å². The molecule has 0 spiro atoms. The molecule has 23 heavy (non-hydrogen) atoms. The van der Waals surface area contributed by atoms with E-state index in [0.29, 0.717) is 13.1 Å². The monoisotopic (exact) mass is 320 g/mol. The van der Waals surface area contributed by atoms with Gasteiger partial charge in [0.05, 0.1) is 26.7 Å². The zero-order chi connectivity index (χ0) is 16.7. The molecule has 0 unspecified atom stereocenters. The van der Waals surface area contributed by atoms with Crippen molar-refractivity contribution in [1.29, 1.82) is 0 Å². The van der Waals surface area contributed by atoms with E-state index in [1.807, 2.05) is 24.3 Å². The fourth-order valence-electron chi connectivity index (χ4n) is 2.70. The molecule has 1 heterocycles. The Morgan fingerprint density at radius 2 is 1.83 bits per heavy atom. The van der Waals surface area contributed by atoms with Gasteiger partial charge in [0.1, 0.15) is 5.75 Å². The second-order valence-corrected chi connectivity index (χ2v) is 5.70. The van der Waals surface area contributed by atoms with Crippen LogP contribution in [0.15, 0.2) is 24.3 Å². The molecule has 1 amide bonds. The van der Waals surface area contributed by atoms with Crippen LogP contribution in [0.25, 0.3) is 0 Å². The molecular weight excluding hydrogens is 296 g/mol. The fourth-order valence-corrected chi connectivity index (χ4v) is 2.70. The van der Waals surface area contributed by atoms with E-state index in [-0.39, 0.29) is 17.8 Å². The van der Waals surface area contributed by atoms with E-state index >= 15 is 0 Å². The first kappa shape index (κ1) is 17.3. The van der Waals surface area contributed by atoms with Crippen LogP contribution in [-0.4, -0.2) is 50.6 Å². The van der Waals surface area contributed by atoms with Crippen molar-refractivity contribution in [3.8, 4) is 5.75 Å². The Labute approximate surface area is 136 Å². The number of nitrogens with zero attached hydrogens (tertiary/aromatic N) is 1. The zero-order valence-electron chi connectivity index (χ0n) is 13.7. The number of amides is 1. The van der Waals surface area contributed by atoms with Crippen LogP contribution in [0.3, 0.4) is 0 Å². The topological polar surface area (TPSA) is 67.9 Å². The van der Waals surface area contributed by atoms with Crippen molar-refractivity contribution in [2.75, 3.05) is 33.9 Å². The normalized spacial score (nSPS) is 15.9. The third kappa shape index (κ3) is 5.25. The number of likely N-dealkylation sites (tertiary alicyclic amines) is 1. The predicted molar refractivity (Wildman–Crippen MR) is 86.0 cm³/mol. The predicted octanol–water partition coefficient (Wildman–Crippen LogP) is 1.20. The van der Waals surface area contributed by atoms with Gasteiger partial charge < -0.3 is 14.8 Å². The highest BCUT2D eigenvalue weighted by Gasteiger charge is 2.26. The Bertz CT molecular complexity index is 522. The number of carbonyl (C=O) groups is 2. The number of piperidine rings is 1. The second-order valence-electron chi connectivity index (χ2n) is 5.70. The highest BCUT2D eigenvalue weighted by Crippen LogP contribution is 2.18. The number of hydrogen-bond acceptors (Lipinski definition) is 5. The van der Waals surface area contributed by atoms with Gasteiger partial charge in [0.25, 0.3) is 0 Å². The molecular formula is C17H24N2O4. The Kier molecular flexibility index (Phi) is 6.40. The van der Waals surface area contributed by atoms with Crippen molar-refractivity contribution in [3.05, 3.63) is 29.8 Å². The minimum Gasteiger partial charge on any atom is -0.497 e. The highest BCUT2D eigenvalue weighted by atomic mass is 16.5. The minimum absolute atomic E-state index is 0.00247. The zero-order valence-corrected chi connectivity index (χ0v) is 13.7. The summed E-state index contributed by atoms with van der Waals surface area (Å²) in [5.41, 5.74) is 1.03. The maximum atomic E-state index is 12.0. The maximum absolute atomic E-state index is 12.0. The molecule has 1 aliphatic rings. The first-order chi connectivity index (χ1) is 11.1. The number of benzene rings is 1.